The predicted octanol–water partition coefficient (Wildman–Crippen LogP) is -0.789. The van der Waals surface area contributed by atoms with E-state index >= 15 is 0 Å². The number of rotatable bonds is 3. The van der Waals surface area contributed by atoms with E-state index in [9.17, 15) is 9.59 Å². The first kappa shape index (κ1) is 17.0. The molecule has 0 radical (unpaired) electrons. The lowest BCUT2D eigenvalue weighted by Crippen LogP contribution is -2.57. The Kier molecular flexibility index (Phi) is 7.13. The number of ketones is 1. The molecular weight excluding hydrogens is 241 g/mol. The molecule has 1 rings (SSSR count). The Morgan fingerprint density at radius 2 is 1.93 bits per heavy atom. The molecule has 0 saturated carbocycles. The number of hydrogen-bond donors (Lipinski definition) is 3. The van der Waals surface area contributed by atoms with E-state index in [1.807, 2.05) is 0 Å². The largest absolute Gasteiger partial charge is 0.368 e. The minimum Gasteiger partial charge on any atom is -0.368 e. The number of carbonyl (C=O) groups excluding carboxylic acids is 2. The number of nitrogens with one attached hydrogen (secondary N) is 1. The van der Waals surface area contributed by atoms with Gasteiger partial charge in [0.05, 0.1) is 0 Å². The van der Waals surface area contributed by atoms with Gasteiger partial charge < -0.3 is 16.8 Å². The normalized spacial score (nSPS) is 23.2. The van der Waals surface area contributed by atoms with Gasteiger partial charge in [0, 0.05) is 12.5 Å². The Bertz CT molecular complexity index is 240. The first-order valence-corrected chi connectivity index (χ1v) is 4.30. The molecule has 5 nitrogen and oxygen atoms in total. The SMILES string of the molecule is C[C@](N)(C(N)=O)C(=O)[C@@H]1CCNC1.Cl.Cl. The number of amides is 1. The van der Waals surface area contributed by atoms with Gasteiger partial charge in [0.25, 0.3) is 0 Å². The van der Waals surface area contributed by atoms with Crippen LogP contribution in [0.3, 0.4) is 0 Å². The Hall–Kier alpha value is -0.360. The van der Waals surface area contributed by atoms with Crippen LogP contribution in [0.5, 0.6) is 0 Å². The summed E-state index contributed by atoms with van der Waals surface area (Å²) in [5, 5.41) is 3.04. The molecule has 90 valence electrons. The number of hydrogen-bond acceptors (Lipinski definition) is 4. The monoisotopic (exact) mass is 257 g/mol. The molecule has 1 saturated heterocycles. The summed E-state index contributed by atoms with van der Waals surface area (Å²) in [5.41, 5.74) is 9.05. The average molecular weight is 258 g/mol. The average Bonchev–Trinajstić information content (AvgIpc) is 2.54. The maximum atomic E-state index is 11.6. The van der Waals surface area contributed by atoms with Gasteiger partial charge in [-0.25, -0.2) is 0 Å². The number of halogens is 2. The molecule has 15 heavy (non-hydrogen) atoms. The van der Waals surface area contributed by atoms with E-state index < -0.39 is 11.4 Å². The van der Waals surface area contributed by atoms with Gasteiger partial charge in [0.2, 0.25) is 5.91 Å². The second-order valence-electron chi connectivity index (χ2n) is 3.62. The number of Topliss-reactive ketones (excluding diaryl/α,β-unsaturated/α-hetero) is 1. The van der Waals surface area contributed by atoms with Crippen LogP contribution in [0, 0.1) is 5.92 Å². The summed E-state index contributed by atoms with van der Waals surface area (Å²) in [6.45, 7) is 2.76. The van der Waals surface area contributed by atoms with Gasteiger partial charge in [0.1, 0.15) is 0 Å². The lowest BCUT2D eigenvalue weighted by Gasteiger charge is -2.21. The molecule has 0 aliphatic carbocycles. The fourth-order valence-electron chi connectivity index (χ4n) is 1.42. The molecule has 2 atom stereocenters. The summed E-state index contributed by atoms with van der Waals surface area (Å²) in [5.74, 6) is -1.18. The lowest BCUT2D eigenvalue weighted by molar-refractivity contribution is -0.135. The van der Waals surface area contributed by atoms with Crippen molar-refractivity contribution in [1.82, 2.24) is 5.32 Å². The molecule has 1 aliphatic rings. The molecule has 0 unspecified atom stereocenters. The van der Waals surface area contributed by atoms with E-state index in [-0.39, 0.29) is 36.5 Å². The highest BCUT2D eigenvalue weighted by molar-refractivity contribution is 6.10. The van der Waals surface area contributed by atoms with Gasteiger partial charge in [-0.15, -0.1) is 24.8 Å². The van der Waals surface area contributed by atoms with E-state index in [0.29, 0.717) is 6.54 Å². The van der Waals surface area contributed by atoms with Crippen LogP contribution >= 0.6 is 24.8 Å². The van der Waals surface area contributed by atoms with Crippen LogP contribution in [0.1, 0.15) is 13.3 Å². The van der Waals surface area contributed by atoms with Crippen LogP contribution in [-0.4, -0.2) is 30.3 Å². The zero-order valence-electron chi connectivity index (χ0n) is 8.49. The van der Waals surface area contributed by atoms with Crippen molar-refractivity contribution in [2.24, 2.45) is 17.4 Å². The first-order chi connectivity index (χ1) is 5.96. The van der Waals surface area contributed by atoms with E-state index in [2.05, 4.69) is 5.32 Å². The summed E-state index contributed by atoms with van der Waals surface area (Å²) in [6, 6.07) is 0. The molecule has 0 bridgehead atoms. The molecule has 0 aromatic heterocycles. The fourth-order valence-corrected chi connectivity index (χ4v) is 1.42. The molecule has 1 fully saturated rings. The van der Waals surface area contributed by atoms with Crippen molar-refractivity contribution >= 4 is 36.5 Å². The van der Waals surface area contributed by atoms with Crippen LogP contribution in [0.15, 0.2) is 0 Å². The summed E-state index contributed by atoms with van der Waals surface area (Å²) < 4.78 is 0. The van der Waals surface area contributed by atoms with Crippen molar-refractivity contribution in [3.8, 4) is 0 Å². The summed E-state index contributed by atoms with van der Waals surface area (Å²) in [4.78, 5) is 22.5. The van der Waals surface area contributed by atoms with Gasteiger partial charge in [0.15, 0.2) is 11.3 Å². The van der Waals surface area contributed by atoms with Gasteiger partial charge in [-0.1, -0.05) is 0 Å². The van der Waals surface area contributed by atoms with Crippen LogP contribution < -0.4 is 16.8 Å². The first-order valence-electron chi connectivity index (χ1n) is 4.30. The lowest BCUT2D eigenvalue weighted by atomic mass is 9.87. The third kappa shape index (κ3) is 3.61. The molecule has 1 heterocycles. The third-order valence-electron chi connectivity index (χ3n) is 2.45. The Morgan fingerprint density at radius 3 is 2.27 bits per heavy atom. The molecule has 0 spiro atoms. The van der Waals surface area contributed by atoms with Gasteiger partial charge in [-0.2, -0.15) is 0 Å². The van der Waals surface area contributed by atoms with Gasteiger partial charge in [-0.3, -0.25) is 9.59 Å². The van der Waals surface area contributed by atoms with E-state index in [1.165, 1.54) is 6.92 Å². The predicted molar refractivity (Wildman–Crippen MR) is 62.3 cm³/mol. The molecule has 7 heteroatoms. The zero-order chi connectivity index (χ0) is 10.1. The summed E-state index contributed by atoms with van der Waals surface area (Å²) >= 11 is 0. The smallest absolute Gasteiger partial charge is 0.244 e. The standard InChI is InChI=1S/C8H15N3O2.2ClH/c1-8(10,7(9)13)6(12)5-2-3-11-4-5;;/h5,11H,2-4,10H2,1H3,(H2,9,13);2*1H/t5-,8-;;/m1../s1. The zero-order valence-corrected chi connectivity index (χ0v) is 10.1. The van der Waals surface area contributed by atoms with Crippen molar-refractivity contribution < 1.29 is 9.59 Å². The Morgan fingerprint density at radius 1 is 1.40 bits per heavy atom. The number of primary amides is 1. The maximum Gasteiger partial charge on any atom is 0.244 e. The van der Waals surface area contributed by atoms with Crippen molar-refractivity contribution in [2.75, 3.05) is 13.1 Å². The van der Waals surface area contributed by atoms with E-state index in [1.54, 1.807) is 0 Å². The van der Waals surface area contributed by atoms with Crippen LogP contribution in [0.4, 0.5) is 0 Å². The van der Waals surface area contributed by atoms with Crippen molar-refractivity contribution in [3.63, 3.8) is 0 Å². The van der Waals surface area contributed by atoms with Gasteiger partial charge >= 0.3 is 0 Å². The van der Waals surface area contributed by atoms with Crippen LogP contribution in [-0.2, 0) is 9.59 Å². The number of nitrogens with two attached hydrogens (primary N) is 2. The molecule has 0 aromatic rings. The highest BCUT2D eigenvalue weighted by Crippen LogP contribution is 2.15. The van der Waals surface area contributed by atoms with E-state index in [0.717, 1.165) is 13.0 Å². The quantitative estimate of drug-likeness (QED) is 0.578. The summed E-state index contributed by atoms with van der Waals surface area (Å²) in [7, 11) is 0. The van der Waals surface area contributed by atoms with Crippen molar-refractivity contribution in [1.29, 1.82) is 0 Å². The van der Waals surface area contributed by atoms with Crippen LogP contribution in [0.25, 0.3) is 0 Å². The Labute approximate surface area is 101 Å². The van der Waals surface area contributed by atoms with E-state index in [4.69, 9.17) is 11.5 Å². The minimum atomic E-state index is -1.52. The molecule has 0 aromatic carbocycles. The topological polar surface area (TPSA) is 98.2 Å². The second kappa shape index (κ2) is 6.27. The Balaban J connectivity index is 0. The third-order valence-corrected chi connectivity index (χ3v) is 2.45. The van der Waals surface area contributed by atoms with Crippen molar-refractivity contribution in [2.45, 2.75) is 18.9 Å². The highest BCUT2D eigenvalue weighted by Gasteiger charge is 2.39. The highest BCUT2D eigenvalue weighted by atomic mass is 35.5. The van der Waals surface area contributed by atoms with Gasteiger partial charge in [-0.05, 0) is 19.9 Å². The maximum absolute atomic E-state index is 11.6. The fraction of sp³-hybridized carbons (Fsp3) is 0.750. The molecular formula is C8H17Cl2N3O2. The minimum absolute atomic E-state index is 0. The summed E-state index contributed by atoms with van der Waals surface area (Å²) in [6.07, 6.45) is 0.735. The van der Waals surface area contributed by atoms with Crippen LogP contribution in [0.2, 0.25) is 0 Å². The second-order valence-corrected chi connectivity index (χ2v) is 3.62. The molecule has 1 amide bonds. The number of carbonyl (C=O) groups is 2. The molecule has 5 N–H and O–H groups in total. The van der Waals surface area contributed by atoms with Crippen molar-refractivity contribution in [3.05, 3.63) is 0 Å². The molecule has 1 aliphatic heterocycles.